The quantitative estimate of drug-likeness (QED) is 0.666. The molecule has 0 bridgehead atoms. The molecule has 4 heteroatoms. The number of aryl methyl sites for hydroxylation is 1. The number of hydrogen-bond acceptors (Lipinski definition) is 4. The van der Waals surface area contributed by atoms with Gasteiger partial charge in [0.25, 0.3) is 0 Å². The summed E-state index contributed by atoms with van der Waals surface area (Å²) >= 11 is 0. The monoisotopic (exact) mass is 267 g/mol. The van der Waals surface area contributed by atoms with E-state index in [-0.39, 0.29) is 19.3 Å². The van der Waals surface area contributed by atoms with Crippen molar-refractivity contribution in [3.8, 4) is 5.75 Å². The fourth-order valence-corrected chi connectivity index (χ4v) is 1.77. The summed E-state index contributed by atoms with van der Waals surface area (Å²) in [6.07, 6.45) is 0.252. The van der Waals surface area contributed by atoms with Crippen LogP contribution in [0.1, 0.15) is 24.5 Å². The molecular weight excluding hydrogens is 242 g/mol. The second kappa shape index (κ2) is 8.15. The smallest absolute Gasteiger partial charge is 0.122 e. The van der Waals surface area contributed by atoms with E-state index in [1.165, 1.54) is 5.56 Å². The van der Waals surface area contributed by atoms with Crippen LogP contribution in [0.15, 0.2) is 18.2 Å². The van der Waals surface area contributed by atoms with E-state index < -0.39 is 6.10 Å². The molecule has 0 aliphatic heterocycles. The Morgan fingerprint density at radius 3 is 2.68 bits per heavy atom. The van der Waals surface area contributed by atoms with Crippen LogP contribution in [-0.4, -0.2) is 42.1 Å². The number of rotatable bonds is 8. The molecule has 0 aromatic heterocycles. The van der Waals surface area contributed by atoms with E-state index in [9.17, 15) is 5.11 Å². The van der Waals surface area contributed by atoms with E-state index in [2.05, 4.69) is 5.32 Å². The zero-order valence-electron chi connectivity index (χ0n) is 12.0. The van der Waals surface area contributed by atoms with Gasteiger partial charge < -0.3 is 20.3 Å². The van der Waals surface area contributed by atoms with Gasteiger partial charge in [0.05, 0.1) is 6.61 Å². The lowest BCUT2D eigenvalue weighted by atomic mass is 10.1. The molecular formula is C15H25NO3. The van der Waals surface area contributed by atoms with Crippen LogP contribution in [-0.2, 0) is 0 Å². The molecule has 0 amide bonds. The molecule has 1 aromatic carbocycles. The van der Waals surface area contributed by atoms with Gasteiger partial charge >= 0.3 is 0 Å². The van der Waals surface area contributed by atoms with Crippen molar-refractivity contribution in [2.75, 3.05) is 19.8 Å². The van der Waals surface area contributed by atoms with Crippen LogP contribution in [0.25, 0.3) is 0 Å². The second-order valence-corrected chi connectivity index (χ2v) is 4.86. The van der Waals surface area contributed by atoms with Crippen LogP contribution in [0.2, 0.25) is 0 Å². The minimum absolute atomic E-state index is 0.0374. The summed E-state index contributed by atoms with van der Waals surface area (Å²) in [6.45, 7) is 6.79. The molecule has 3 N–H and O–H groups in total. The van der Waals surface area contributed by atoms with Crippen molar-refractivity contribution in [1.82, 2.24) is 5.32 Å². The van der Waals surface area contributed by atoms with Gasteiger partial charge in [-0.1, -0.05) is 19.1 Å². The van der Waals surface area contributed by atoms with Gasteiger partial charge in [-0.2, -0.15) is 0 Å². The normalized spacial score (nSPS) is 14.2. The zero-order chi connectivity index (χ0) is 14.3. The fraction of sp³-hybridized carbons (Fsp3) is 0.600. The number of nitrogens with one attached hydrogen (secondary N) is 1. The maximum atomic E-state index is 9.84. The van der Waals surface area contributed by atoms with Crippen LogP contribution >= 0.6 is 0 Å². The molecule has 2 unspecified atom stereocenters. The van der Waals surface area contributed by atoms with Gasteiger partial charge in [-0.3, -0.25) is 0 Å². The van der Waals surface area contributed by atoms with E-state index in [4.69, 9.17) is 9.84 Å². The number of ether oxygens (including phenoxy) is 1. The molecule has 0 saturated heterocycles. The van der Waals surface area contributed by atoms with Crippen molar-refractivity contribution < 1.29 is 14.9 Å². The first-order valence-corrected chi connectivity index (χ1v) is 6.79. The van der Waals surface area contributed by atoms with Gasteiger partial charge in [-0.05, 0) is 37.5 Å². The summed E-state index contributed by atoms with van der Waals surface area (Å²) in [7, 11) is 0. The third kappa shape index (κ3) is 5.19. The van der Waals surface area contributed by atoms with E-state index >= 15 is 0 Å². The third-order valence-corrected chi connectivity index (χ3v) is 3.34. The summed E-state index contributed by atoms with van der Waals surface area (Å²) in [5.41, 5.74) is 2.28. The Labute approximate surface area is 115 Å². The van der Waals surface area contributed by atoms with Gasteiger partial charge in [0.1, 0.15) is 18.5 Å². The highest BCUT2D eigenvalue weighted by atomic mass is 16.5. The van der Waals surface area contributed by atoms with Crippen LogP contribution in [0.4, 0.5) is 0 Å². The molecule has 0 aliphatic rings. The van der Waals surface area contributed by atoms with Gasteiger partial charge in [0.15, 0.2) is 0 Å². The predicted octanol–water partition coefficient (Wildman–Crippen LogP) is 1.40. The van der Waals surface area contributed by atoms with Crippen LogP contribution in [0.5, 0.6) is 5.75 Å². The number of aliphatic hydroxyl groups is 2. The van der Waals surface area contributed by atoms with Crippen molar-refractivity contribution >= 4 is 0 Å². The molecule has 4 nitrogen and oxygen atoms in total. The molecule has 1 rings (SSSR count). The van der Waals surface area contributed by atoms with Crippen molar-refractivity contribution in [2.45, 2.75) is 39.3 Å². The van der Waals surface area contributed by atoms with Crippen molar-refractivity contribution in [2.24, 2.45) is 0 Å². The largest absolute Gasteiger partial charge is 0.491 e. The summed E-state index contributed by atoms with van der Waals surface area (Å²) in [5.74, 6) is 0.813. The Hall–Kier alpha value is -1.10. The average molecular weight is 267 g/mol. The average Bonchev–Trinajstić information content (AvgIpc) is 2.41. The van der Waals surface area contributed by atoms with Crippen molar-refractivity contribution in [3.63, 3.8) is 0 Å². The maximum absolute atomic E-state index is 9.84. The standard InChI is InChI=1S/C15H25NO3/c1-4-13(9-17)16-8-14(18)10-19-15-7-5-6-11(2)12(15)3/h5-7,13-14,16-18H,4,8-10H2,1-3H3. The maximum Gasteiger partial charge on any atom is 0.122 e. The Kier molecular flexibility index (Phi) is 6.84. The minimum atomic E-state index is -0.583. The van der Waals surface area contributed by atoms with E-state index in [1.807, 2.05) is 39.0 Å². The van der Waals surface area contributed by atoms with Crippen LogP contribution in [0, 0.1) is 13.8 Å². The molecule has 19 heavy (non-hydrogen) atoms. The number of benzene rings is 1. The highest BCUT2D eigenvalue weighted by molar-refractivity contribution is 5.38. The Balaban J connectivity index is 2.37. The minimum Gasteiger partial charge on any atom is -0.491 e. The molecule has 0 fully saturated rings. The molecule has 2 atom stereocenters. The Morgan fingerprint density at radius 2 is 2.05 bits per heavy atom. The Bertz CT molecular complexity index is 378. The first kappa shape index (κ1) is 16.0. The van der Waals surface area contributed by atoms with Crippen molar-refractivity contribution in [3.05, 3.63) is 29.3 Å². The SMILES string of the molecule is CCC(CO)NCC(O)COc1cccc(C)c1C. The highest BCUT2D eigenvalue weighted by Crippen LogP contribution is 2.20. The van der Waals surface area contributed by atoms with Crippen molar-refractivity contribution in [1.29, 1.82) is 0 Å². The summed E-state index contributed by atoms with van der Waals surface area (Å²) in [6, 6.07) is 5.93. The van der Waals surface area contributed by atoms with Crippen LogP contribution in [0.3, 0.4) is 0 Å². The summed E-state index contributed by atoms with van der Waals surface area (Å²) in [4.78, 5) is 0. The van der Waals surface area contributed by atoms with Gasteiger partial charge in [-0.25, -0.2) is 0 Å². The molecule has 0 spiro atoms. The Morgan fingerprint density at radius 1 is 1.32 bits per heavy atom. The van der Waals surface area contributed by atoms with Gasteiger partial charge in [0, 0.05) is 12.6 Å². The second-order valence-electron chi connectivity index (χ2n) is 4.86. The van der Waals surface area contributed by atoms with Crippen LogP contribution < -0.4 is 10.1 Å². The number of aliphatic hydroxyl groups excluding tert-OH is 2. The molecule has 0 heterocycles. The van der Waals surface area contributed by atoms with Gasteiger partial charge in [0.2, 0.25) is 0 Å². The highest BCUT2D eigenvalue weighted by Gasteiger charge is 2.10. The summed E-state index contributed by atoms with van der Waals surface area (Å²) in [5, 5.41) is 22.0. The lowest BCUT2D eigenvalue weighted by molar-refractivity contribution is 0.0991. The molecule has 1 aromatic rings. The molecule has 0 saturated carbocycles. The number of hydrogen-bond donors (Lipinski definition) is 3. The molecule has 108 valence electrons. The third-order valence-electron chi connectivity index (χ3n) is 3.34. The lowest BCUT2D eigenvalue weighted by Gasteiger charge is -2.18. The first-order valence-electron chi connectivity index (χ1n) is 6.79. The predicted molar refractivity (Wildman–Crippen MR) is 76.6 cm³/mol. The van der Waals surface area contributed by atoms with E-state index in [1.54, 1.807) is 0 Å². The summed E-state index contributed by atoms with van der Waals surface area (Å²) < 4.78 is 5.63. The molecule has 0 radical (unpaired) electrons. The zero-order valence-corrected chi connectivity index (χ0v) is 12.0. The molecule has 0 aliphatic carbocycles. The van der Waals surface area contributed by atoms with Gasteiger partial charge in [-0.15, -0.1) is 0 Å². The lowest BCUT2D eigenvalue weighted by Crippen LogP contribution is -2.39. The fourth-order valence-electron chi connectivity index (χ4n) is 1.77. The topological polar surface area (TPSA) is 61.7 Å². The first-order chi connectivity index (χ1) is 9.08. The van der Waals surface area contributed by atoms with E-state index in [0.717, 1.165) is 17.7 Å². The van der Waals surface area contributed by atoms with E-state index in [0.29, 0.717) is 6.54 Å².